The molecule has 0 saturated carbocycles. The predicted molar refractivity (Wildman–Crippen MR) is 215 cm³/mol. The summed E-state index contributed by atoms with van der Waals surface area (Å²) >= 11 is 0. The number of benzene rings is 9. The summed E-state index contributed by atoms with van der Waals surface area (Å²) < 4.78 is 9.31. The minimum Gasteiger partial charge on any atom is -0.454 e. The van der Waals surface area contributed by atoms with Crippen LogP contribution in [0.5, 0.6) is 0 Å². The van der Waals surface area contributed by atoms with Crippen molar-refractivity contribution in [1.29, 1.82) is 0 Å². The zero-order chi connectivity index (χ0) is 33.5. The molecule has 51 heavy (non-hydrogen) atoms. The molecule has 0 fully saturated rings. The Labute approximate surface area is 293 Å². The van der Waals surface area contributed by atoms with Crippen molar-refractivity contribution >= 4 is 93.1 Å². The van der Waals surface area contributed by atoms with Crippen molar-refractivity contribution in [2.45, 2.75) is 0 Å². The summed E-state index contributed by atoms with van der Waals surface area (Å²) in [5, 5.41) is 12.2. The lowest BCUT2D eigenvalue weighted by Gasteiger charge is -2.26. The Morgan fingerprint density at radius 1 is 0.373 bits per heavy atom. The molecule has 0 aliphatic heterocycles. The Balaban J connectivity index is 1.21. The molecule has 3 nitrogen and oxygen atoms in total. The molecule has 3 heteroatoms. The molecule has 0 aliphatic rings. The molecule has 0 N–H and O–H groups in total. The van der Waals surface area contributed by atoms with E-state index in [1.165, 1.54) is 48.6 Å². The highest BCUT2D eigenvalue weighted by Gasteiger charge is 2.23. The molecule has 0 radical (unpaired) electrons. The van der Waals surface area contributed by atoms with Crippen molar-refractivity contribution in [3.63, 3.8) is 0 Å². The van der Waals surface area contributed by atoms with Gasteiger partial charge >= 0.3 is 0 Å². The van der Waals surface area contributed by atoms with Gasteiger partial charge in [-0.05, 0) is 93.0 Å². The quantitative estimate of drug-likeness (QED) is 0.177. The van der Waals surface area contributed by atoms with Gasteiger partial charge < -0.3 is 13.9 Å². The smallest absolute Gasteiger partial charge is 0.159 e. The Hall–Kier alpha value is -6.84. The van der Waals surface area contributed by atoms with Crippen LogP contribution in [0, 0.1) is 0 Å². The molecule has 0 bridgehead atoms. The van der Waals surface area contributed by atoms with Gasteiger partial charge in [0.25, 0.3) is 0 Å². The zero-order valence-electron chi connectivity index (χ0n) is 27.6. The first-order chi connectivity index (χ1) is 25.3. The molecule has 2 heterocycles. The van der Waals surface area contributed by atoms with Gasteiger partial charge in [-0.2, -0.15) is 0 Å². The molecule has 9 aromatic carbocycles. The third kappa shape index (κ3) is 4.06. The molecule has 11 rings (SSSR count). The largest absolute Gasteiger partial charge is 0.454 e. The fourth-order valence-electron chi connectivity index (χ4n) is 8.40. The number of furan rings is 1. The maximum atomic E-state index is 6.94. The van der Waals surface area contributed by atoms with Crippen LogP contribution in [0.1, 0.15) is 0 Å². The number of hydrogen-bond acceptors (Lipinski definition) is 2. The fraction of sp³-hybridized carbons (Fsp3) is 0. The second-order valence-electron chi connectivity index (χ2n) is 13.3. The van der Waals surface area contributed by atoms with E-state index in [0.717, 1.165) is 50.2 Å². The van der Waals surface area contributed by atoms with Gasteiger partial charge in [0.05, 0.1) is 16.7 Å². The number of hydrogen-bond donors (Lipinski definition) is 0. The number of nitrogens with zero attached hydrogens (tertiary/aromatic N) is 2. The van der Waals surface area contributed by atoms with E-state index in [1.807, 2.05) is 0 Å². The third-order valence-corrected chi connectivity index (χ3v) is 10.5. The van der Waals surface area contributed by atoms with Crippen LogP contribution in [-0.4, -0.2) is 4.57 Å². The molecule has 0 spiro atoms. The van der Waals surface area contributed by atoms with Gasteiger partial charge in [-0.3, -0.25) is 0 Å². The first-order valence-corrected chi connectivity index (χ1v) is 17.4. The van der Waals surface area contributed by atoms with E-state index >= 15 is 0 Å². The number of aromatic nitrogens is 1. The molecule has 0 atom stereocenters. The van der Waals surface area contributed by atoms with Crippen molar-refractivity contribution in [1.82, 2.24) is 4.57 Å². The average Bonchev–Trinajstić information content (AvgIpc) is 3.75. The first-order valence-electron chi connectivity index (χ1n) is 17.4. The summed E-state index contributed by atoms with van der Waals surface area (Å²) in [6, 6.07) is 65.3. The summed E-state index contributed by atoms with van der Waals surface area (Å²) in [4.78, 5) is 2.35. The number of rotatable bonds is 4. The molecule has 11 aromatic rings. The summed E-state index contributed by atoms with van der Waals surface area (Å²) in [5.41, 5.74) is 8.38. The van der Waals surface area contributed by atoms with Crippen LogP contribution >= 0.6 is 0 Å². The van der Waals surface area contributed by atoms with Gasteiger partial charge in [0.2, 0.25) is 0 Å². The van der Waals surface area contributed by atoms with Gasteiger partial charge in [0, 0.05) is 38.6 Å². The van der Waals surface area contributed by atoms with E-state index in [2.05, 4.69) is 191 Å². The normalized spacial score (nSPS) is 11.9. The molecular formula is C48H30N2O. The number of fused-ring (bicyclic) bond motifs is 13. The second kappa shape index (κ2) is 10.8. The average molecular weight is 651 g/mol. The Morgan fingerprint density at radius 2 is 0.961 bits per heavy atom. The molecule has 0 saturated heterocycles. The Bertz CT molecular complexity index is 3100. The SMILES string of the molecule is c1ccc(N(c2ccc3c4ccccc4c4ccccc4c3c2)c2cccc3c2oc2ccc4c(c5ccccc5n4-c4ccccc4)c23)cc1. The zero-order valence-corrected chi connectivity index (χ0v) is 27.6. The highest BCUT2D eigenvalue weighted by molar-refractivity contribution is 6.29. The van der Waals surface area contributed by atoms with E-state index < -0.39 is 0 Å². The Morgan fingerprint density at radius 3 is 1.69 bits per heavy atom. The van der Waals surface area contributed by atoms with Gasteiger partial charge in [-0.1, -0.05) is 121 Å². The van der Waals surface area contributed by atoms with Crippen LogP contribution in [0.2, 0.25) is 0 Å². The van der Waals surface area contributed by atoms with Gasteiger partial charge in [-0.15, -0.1) is 0 Å². The maximum absolute atomic E-state index is 6.94. The standard InChI is InChI=1S/C48H30N2O/c1-3-14-31(15-4-1)49(33-26-27-38-36-20-8-7-18-34(36)35-19-9-10-21-37(35)41(38)30-33)44-25-13-23-40-47-45(51-48(40)44)29-28-43-46(47)39-22-11-12-24-42(39)50(43)32-16-5-2-6-17-32/h1-30H. The monoisotopic (exact) mass is 650 g/mol. The lowest BCUT2D eigenvalue weighted by molar-refractivity contribution is 0.669. The van der Waals surface area contributed by atoms with E-state index in [9.17, 15) is 0 Å². The topological polar surface area (TPSA) is 21.3 Å². The van der Waals surface area contributed by atoms with Crippen LogP contribution in [0.25, 0.3) is 81.7 Å². The lowest BCUT2D eigenvalue weighted by Crippen LogP contribution is -2.10. The Kier molecular flexibility index (Phi) is 5.96. The van der Waals surface area contributed by atoms with Crippen molar-refractivity contribution in [3.8, 4) is 5.69 Å². The summed E-state index contributed by atoms with van der Waals surface area (Å²) in [7, 11) is 0. The summed E-state index contributed by atoms with van der Waals surface area (Å²) in [5.74, 6) is 0. The summed E-state index contributed by atoms with van der Waals surface area (Å²) in [6.07, 6.45) is 0. The van der Waals surface area contributed by atoms with Crippen LogP contribution in [-0.2, 0) is 0 Å². The molecule has 0 unspecified atom stereocenters. The van der Waals surface area contributed by atoms with E-state index in [-0.39, 0.29) is 0 Å². The highest BCUT2D eigenvalue weighted by atomic mass is 16.3. The van der Waals surface area contributed by atoms with Gasteiger partial charge in [0.15, 0.2) is 5.58 Å². The van der Waals surface area contributed by atoms with Crippen LogP contribution < -0.4 is 4.90 Å². The third-order valence-electron chi connectivity index (χ3n) is 10.5. The van der Waals surface area contributed by atoms with Crippen molar-refractivity contribution in [3.05, 3.63) is 182 Å². The lowest BCUT2D eigenvalue weighted by atomic mass is 9.94. The number of anilines is 3. The predicted octanol–water partition coefficient (Wildman–Crippen LogP) is 13.6. The van der Waals surface area contributed by atoms with Crippen LogP contribution in [0.15, 0.2) is 186 Å². The number of para-hydroxylation sites is 4. The van der Waals surface area contributed by atoms with Crippen molar-refractivity contribution < 1.29 is 4.42 Å². The molecule has 0 aliphatic carbocycles. The second-order valence-corrected chi connectivity index (χ2v) is 13.3. The van der Waals surface area contributed by atoms with E-state index in [0.29, 0.717) is 0 Å². The van der Waals surface area contributed by atoms with Gasteiger partial charge in [-0.25, -0.2) is 0 Å². The molecular weight excluding hydrogens is 621 g/mol. The minimum atomic E-state index is 0.865. The molecule has 0 amide bonds. The maximum Gasteiger partial charge on any atom is 0.159 e. The summed E-state index contributed by atoms with van der Waals surface area (Å²) in [6.45, 7) is 0. The van der Waals surface area contributed by atoms with E-state index in [4.69, 9.17) is 4.42 Å². The van der Waals surface area contributed by atoms with Gasteiger partial charge in [0.1, 0.15) is 5.58 Å². The van der Waals surface area contributed by atoms with Crippen LogP contribution in [0.3, 0.4) is 0 Å². The highest BCUT2D eigenvalue weighted by Crippen LogP contribution is 2.47. The first kappa shape index (κ1) is 28.0. The van der Waals surface area contributed by atoms with Crippen molar-refractivity contribution in [2.75, 3.05) is 4.90 Å². The fourth-order valence-corrected chi connectivity index (χ4v) is 8.40. The van der Waals surface area contributed by atoms with Crippen molar-refractivity contribution in [2.24, 2.45) is 0 Å². The molecule has 238 valence electrons. The minimum absolute atomic E-state index is 0.865. The van der Waals surface area contributed by atoms with E-state index in [1.54, 1.807) is 0 Å². The molecule has 2 aromatic heterocycles. The van der Waals surface area contributed by atoms with Crippen LogP contribution in [0.4, 0.5) is 17.1 Å².